The first-order valence-corrected chi connectivity index (χ1v) is 10.6. The van der Waals surface area contributed by atoms with Gasteiger partial charge in [-0.05, 0) is 49.0 Å². The lowest BCUT2D eigenvalue weighted by molar-refractivity contribution is 0.174. The number of rotatable bonds is 7. The van der Waals surface area contributed by atoms with Crippen molar-refractivity contribution in [2.45, 2.75) is 55.9 Å². The second kappa shape index (κ2) is 7.90. The minimum atomic E-state index is -3.36. The molecule has 1 fully saturated rings. The van der Waals surface area contributed by atoms with E-state index < -0.39 is 15.9 Å². The van der Waals surface area contributed by atoms with Crippen LogP contribution >= 0.6 is 11.3 Å². The first-order chi connectivity index (χ1) is 10.4. The van der Waals surface area contributed by atoms with Crippen molar-refractivity contribution in [3.05, 3.63) is 17.5 Å². The van der Waals surface area contributed by atoms with Crippen LogP contribution in [0.4, 0.5) is 0 Å². The molecule has 0 saturated heterocycles. The summed E-state index contributed by atoms with van der Waals surface area (Å²) in [4.78, 5) is 0. The second-order valence-electron chi connectivity index (χ2n) is 6.63. The Balaban J connectivity index is 1.74. The van der Waals surface area contributed by atoms with Gasteiger partial charge in [0, 0.05) is 12.6 Å². The van der Waals surface area contributed by atoms with E-state index in [4.69, 9.17) is 0 Å². The summed E-state index contributed by atoms with van der Waals surface area (Å²) in [5.74, 6) is 1.34. The summed E-state index contributed by atoms with van der Waals surface area (Å²) in [6, 6.07) is 3.72. The van der Waals surface area contributed by atoms with E-state index in [9.17, 15) is 13.5 Å². The number of hydrogen-bond donors (Lipinski definition) is 2. The molecule has 2 rings (SSSR count). The molecule has 1 unspecified atom stereocenters. The number of hydrogen-bond acceptors (Lipinski definition) is 5. The van der Waals surface area contributed by atoms with Crippen LogP contribution in [0.15, 0.2) is 21.7 Å². The van der Waals surface area contributed by atoms with Crippen molar-refractivity contribution >= 4 is 21.2 Å². The Labute approximate surface area is 137 Å². The van der Waals surface area contributed by atoms with E-state index in [2.05, 4.69) is 19.2 Å². The molecule has 0 radical (unpaired) electrons. The van der Waals surface area contributed by atoms with Crippen LogP contribution < -0.4 is 5.32 Å². The minimum absolute atomic E-state index is 0.206. The molecule has 1 aromatic rings. The highest BCUT2D eigenvalue weighted by molar-refractivity contribution is 7.93. The molecule has 4 nitrogen and oxygen atoms in total. The van der Waals surface area contributed by atoms with E-state index >= 15 is 0 Å². The maximum Gasteiger partial charge on any atom is 0.190 e. The molecule has 0 bridgehead atoms. The predicted octanol–water partition coefficient (Wildman–Crippen LogP) is 2.69. The van der Waals surface area contributed by atoms with Gasteiger partial charge >= 0.3 is 0 Å². The zero-order chi connectivity index (χ0) is 16.2. The standard InChI is InChI=1S/C16H27NO3S2/c1-12(2)13-5-7-14(8-6-13)17-10-15(18)11-22(19,20)16-4-3-9-21-16/h3-4,9,12-15,17-18H,5-8,10-11H2,1-2H3. The summed E-state index contributed by atoms with van der Waals surface area (Å²) in [7, 11) is -3.36. The molecule has 1 aliphatic rings. The maximum atomic E-state index is 12.1. The summed E-state index contributed by atoms with van der Waals surface area (Å²) in [6.45, 7) is 4.90. The third-order valence-corrected chi connectivity index (χ3v) is 7.86. The molecule has 1 atom stereocenters. The molecular weight excluding hydrogens is 318 g/mol. The van der Waals surface area contributed by atoms with E-state index in [1.807, 2.05) is 0 Å². The largest absolute Gasteiger partial charge is 0.391 e. The van der Waals surface area contributed by atoms with Gasteiger partial charge in [-0.3, -0.25) is 0 Å². The van der Waals surface area contributed by atoms with Crippen LogP contribution in [0.1, 0.15) is 39.5 Å². The van der Waals surface area contributed by atoms with Gasteiger partial charge in [-0.2, -0.15) is 0 Å². The SMILES string of the molecule is CC(C)C1CCC(NCC(O)CS(=O)(=O)c2cccs2)CC1. The fourth-order valence-corrected chi connectivity index (χ4v) is 5.61. The van der Waals surface area contributed by atoms with E-state index in [1.54, 1.807) is 17.5 Å². The van der Waals surface area contributed by atoms with Crippen molar-refractivity contribution in [1.29, 1.82) is 0 Å². The molecule has 1 aliphatic carbocycles. The number of nitrogens with one attached hydrogen (secondary N) is 1. The Bertz CT molecular complexity index is 532. The lowest BCUT2D eigenvalue weighted by Crippen LogP contribution is -2.40. The Morgan fingerprint density at radius 3 is 2.55 bits per heavy atom. The van der Waals surface area contributed by atoms with Gasteiger partial charge in [-0.15, -0.1) is 11.3 Å². The van der Waals surface area contributed by atoms with Crippen molar-refractivity contribution in [2.24, 2.45) is 11.8 Å². The van der Waals surface area contributed by atoms with E-state index in [0.29, 0.717) is 16.8 Å². The van der Waals surface area contributed by atoms with Crippen LogP contribution in [-0.4, -0.2) is 38.0 Å². The molecule has 1 saturated carbocycles. The zero-order valence-corrected chi connectivity index (χ0v) is 15.0. The van der Waals surface area contributed by atoms with Crippen LogP contribution in [0.5, 0.6) is 0 Å². The molecule has 1 aromatic heterocycles. The summed E-state index contributed by atoms with van der Waals surface area (Å²) in [6.07, 6.45) is 3.83. The molecule has 0 aliphatic heterocycles. The molecule has 2 N–H and O–H groups in total. The van der Waals surface area contributed by atoms with Crippen molar-refractivity contribution in [3.63, 3.8) is 0 Å². The Kier molecular flexibility index (Phi) is 6.44. The first-order valence-electron chi connectivity index (χ1n) is 8.06. The number of aliphatic hydroxyl groups excluding tert-OH is 1. The molecule has 1 heterocycles. The predicted molar refractivity (Wildman–Crippen MR) is 91.0 cm³/mol. The van der Waals surface area contributed by atoms with Gasteiger partial charge in [0.1, 0.15) is 4.21 Å². The lowest BCUT2D eigenvalue weighted by atomic mass is 9.80. The fraction of sp³-hybridized carbons (Fsp3) is 0.750. The Hall–Kier alpha value is -0.430. The number of aliphatic hydroxyl groups is 1. The molecule has 6 heteroatoms. The number of thiophene rings is 1. The molecule has 126 valence electrons. The average molecular weight is 346 g/mol. The molecule has 0 aromatic carbocycles. The van der Waals surface area contributed by atoms with Gasteiger partial charge in [0.15, 0.2) is 9.84 Å². The van der Waals surface area contributed by atoms with E-state index in [0.717, 1.165) is 24.7 Å². The molecule has 22 heavy (non-hydrogen) atoms. The quantitative estimate of drug-likeness (QED) is 0.797. The van der Waals surface area contributed by atoms with E-state index in [-0.39, 0.29) is 5.75 Å². The topological polar surface area (TPSA) is 66.4 Å². The smallest absolute Gasteiger partial charge is 0.190 e. The Morgan fingerprint density at radius 2 is 2.00 bits per heavy atom. The van der Waals surface area contributed by atoms with Crippen LogP contribution in [0.3, 0.4) is 0 Å². The summed E-state index contributed by atoms with van der Waals surface area (Å²) >= 11 is 1.20. The summed E-state index contributed by atoms with van der Waals surface area (Å²) in [5.41, 5.74) is 0. The van der Waals surface area contributed by atoms with Crippen LogP contribution in [0, 0.1) is 11.8 Å². The van der Waals surface area contributed by atoms with Gasteiger partial charge in [-0.1, -0.05) is 19.9 Å². The first kappa shape index (κ1) is 17.9. The normalized spacial score (nSPS) is 24.5. The monoisotopic (exact) mass is 345 g/mol. The highest BCUT2D eigenvalue weighted by Gasteiger charge is 2.25. The van der Waals surface area contributed by atoms with Gasteiger partial charge in [0.25, 0.3) is 0 Å². The molecular formula is C16H27NO3S2. The Morgan fingerprint density at radius 1 is 1.32 bits per heavy atom. The van der Waals surface area contributed by atoms with Gasteiger partial charge in [-0.25, -0.2) is 8.42 Å². The van der Waals surface area contributed by atoms with Crippen molar-refractivity contribution in [1.82, 2.24) is 5.32 Å². The average Bonchev–Trinajstić information content (AvgIpc) is 3.00. The third-order valence-electron chi connectivity index (χ3n) is 4.57. The molecule has 0 spiro atoms. The maximum absolute atomic E-state index is 12.1. The highest BCUT2D eigenvalue weighted by atomic mass is 32.2. The zero-order valence-electron chi connectivity index (χ0n) is 13.4. The van der Waals surface area contributed by atoms with Gasteiger partial charge < -0.3 is 10.4 Å². The van der Waals surface area contributed by atoms with E-state index in [1.165, 1.54) is 24.2 Å². The second-order valence-corrected chi connectivity index (χ2v) is 9.84. The van der Waals surface area contributed by atoms with Crippen molar-refractivity contribution in [2.75, 3.05) is 12.3 Å². The van der Waals surface area contributed by atoms with Crippen molar-refractivity contribution in [3.8, 4) is 0 Å². The summed E-state index contributed by atoms with van der Waals surface area (Å²) < 4.78 is 24.5. The van der Waals surface area contributed by atoms with Gasteiger partial charge in [0.05, 0.1) is 11.9 Å². The molecule has 0 amide bonds. The van der Waals surface area contributed by atoms with Crippen molar-refractivity contribution < 1.29 is 13.5 Å². The minimum Gasteiger partial charge on any atom is -0.391 e. The fourth-order valence-electron chi connectivity index (χ4n) is 3.13. The number of sulfone groups is 1. The highest BCUT2D eigenvalue weighted by Crippen LogP contribution is 2.29. The van der Waals surface area contributed by atoms with Crippen LogP contribution in [-0.2, 0) is 9.84 Å². The third kappa shape index (κ3) is 5.05. The summed E-state index contributed by atoms with van der Waals surface area (Å²) in [5, 5.41) is 15.1. The van der Waals surface area contributed by atoms with Gasteiger partial charge in [0.2, 0.25) is 0 Å². The van der Waals surface area contributed by atoms with Crippen LogP contribution in [0.2, 0.25) is 0 Å². The van der Waals surface area contributed by atoms with Crippen LogP contribution in [0.25, 0.3) is 0 Å². The lowest BCUT2D eigenvalue weighted by Gasteiger charge is -2.31.